The molecule has 0 spiro atoms. The third kappa shape index (κ3) is 3.72. The summed E-state index contributed by atoms with van der Waals surface area (Å²) < 4.78 is 12.8. The molecule has 1 atom stereocenters. The molecule has 2 N–H and O–H groups in total. The van der Waals surface area contributed by atoms with E-state index in [2.05, 4.69) is 20.8 Å². The average molecular weight is 280 g/mol. The van der Waals surface area contributed by atoms with Crippen LogP contribution in [-0.4, -0.2) is 22.1 Å². The van der Waals surface area contributed by atoms with Crippen LogP contribution in [0.25, 0.3) is 0 Å². The van der Waals surface area contributed by atoms with Gasteiger partial charge in [-0.2, -0.15) is 0 Å². The van der Waals surface area contributed by atoms with Crippen LogP contribution >= 0.6 is 11.3 Å². The van der Waals surface area contributed by atoms with Crippen LogP contribution in [0.3, 0.4) is 0 Å². The third-order valence-corrected chi connectivity index (χ3v) is 3.13. The van der Waals surface area contributed by atoms with E-state index in [1.54, 1.807) is 19.1 Å². The Balaban J connectivity index is 1.94. The Kier molecular flexibility index (Phi) is 4.06. The fourth-order valence-corrected chi connectivity index (χ4v) is 2.02. The first-order valence-corrected chi connectivity index (χ1v) is 6.49. The Morgan fingerprint density at radius 2 is 2.00 bits per heavy atom. The van der Waals surface area contributed by atoms with Gasteiger partial charge in [0, 0.05) is 5.69 Å². The predicted molar refractivity (Wildman–Crippen MR) is 72.8 cm³/mol. The van der Waals surface area contributed by atoms with Gasteiger partial charge in [0.2, 0.25) is 11.0 Å². The van der Waals surface area contributed by atoms with Crippen LogP contribution in [0.15, 0.2) is 24.3 Å². The van der Waals surface area contributed by atoms with Crippen molar-refractivity contribution in [2.45, 2.75) is 19.9 Å². The van der Waals surface area contributed by atoms with Crippen LogP contribution in [0, 0.1) is 12.7 Å². The van der Waals surface area contributed by atoms with Gasteiger partial charge in [-0.15, -0.1) is 10.2 Å². The summed E-state index contributed by atoms with van der Waals surface area (Å²) in [4.78, 5) is 11.9. The lowest BCUT2D eigenvalue weighted by Crippen LogP contribution is -2.31. The number of carbonyl (C=O) groups excluding carboxylic acids is 1. The van der Waals surface area contributed by atoms with Crippen molar-refractivity contribution < 1.29 is 9.18 Å². The van der Waals surface area contributed by atoms with E-state index >= 15 is 0 Å². The van der Waals surface area contributed by atoms with Crippen molar-refractivity contribution in [3.05, 3.63) is 35.1 Å². The normalized spacial score (nSPS) is 11.9. The Morgan fingerprint density at radius 1 is 1.32 bits per heavy atom. The van der Waals surface area contributed by atoms with E-state index in [0.717, 1.165) is 5.01 Å². The number of anilines is 2. The lowest BCUT2D eigenvalue weighted by atomic mass is 10.2. The molecule has 1 aromatic carbocycles. The summed E-state index contributed by atoms with van der Waals surface area (Å²) in [6.45, 7) is 3.53. The van der Waals surface area contributed by atoms with E-state index in [1.807, 2.05) is 6.92 Å². The maximum absolute atomic E-state index is 12.8. The number of rotatable bonds is 4. The molecule has 0 aliphatic carbocycles. The maximum atomic E-state index is 12.8. The van der Waals surface area contributed by atoms with Gasteiger partial charge < -0.3 is 5.32 Å². The van der Waals surface area contributed by atoms with Crippen molar-refractivity contribution in [2.24, 2.45) is 0 Å². The highest BCUT2D eigenvalue weighted by Gasteiger charge is 2.14. The third-order valence-electron chi connectivity index (χ3n) is 2.38. The van der Waals surface area contributed by atoms with Crippen LogP contribution in [0.4, 0.5) is 15.2 Å². The van der Waals surface area contributed by atoms with Gasteiger partial charge in [0.1, 0.15) is 16.9 Å². The summed E-state index contributed by atoms with van der Waals surface area (Å²) in [5.41, 5.74) is 0.678. The number of hydrogen-bond donors (Lipinski definition) is 2. The Morgan fingerprint density at radius 3 is 2.58 bits per heavy atom. The number of benzene rings is 1. The van der Waals surface area contributed by atoms with Crippen molar-refractivity contribution in [1.29, 1.82) is 0 Å². The van der Waals surface area contributed by atoms with Crippen molar-refractivity contribution in [1.82, 2.24) is 10.2 Å². The second kappa shape index (κ2) is 5.75. The first-order valence-electron chi connectivity index (χ1n) is 5.67. The molecular weight excluding hydrogens is 267 g/mol. The standard InChI is InChI=1S/C12H13FN4OS/c1-7(14-10-5-3-9(13)4-6-10)11(18)15-12-17-16-8(2)19-12/h3-7,14H,1-2H3,(H,15,17,18)/t7-/m1/s1. The molecular formula is C12H13FN4OS. The number of nitrogens with zero attached hydrogens (tertiary/aromatic N) is 2. The summed E-state index contributed by atoms with van der Waals surface area (Å²) >= 11 is 1.31. The summed E-state index contributed by atoms with van der Waals surface area (Å²) in [6.07, 6.45) is 0. The molecule has 2 aromatic rings. The molecule has 7 heteroatoms. The van der Waals surface area contributed by atoms with E-state index in [9.17, 15) is 9.18 Å². The molecule has 1 heterocycles. The Hall–Kier alpha value is -2.02. The fraction of sp³-hybridized carbons (Fsp3) is 0.250. The highest BCUT2D eigenvalue weighted by atomic mass is 32.1. The molecule has 1 aromatic heterocycles. The van der Waals surface area contributed by atoms with E-state index in [0.29, 0.717) is 10.8 Å². The molecule has 0 fully saturated rings. The minimum atomic E-state index is -0.463. The van der Waals surface area contributed by atoms with Gasteiger partial charge in [0.15, 0.2) is 0 Å². The zero-order valence-electron chi connectivity index (χ0n) is 10.5. The van der Waals surface area contributed by atoms with E-state index in [4.69, 9.17) is 0 Å². The number of amides is 1. The van der Waals surface area contributed by atoms with Gasteiger partial charge in [0.25, 0.3) is 0 Å². The minimum absolute atomic E-state index is 0.222. The lowest BCUT2D eigenvalue weighted by Gasteiger charge is -2.13. The molecule has 1 amide bonds. The van der Waals surface area contributed by atoms with Gasteiger partial charge in [-0.1, -0.05) is 11.3 Å². The number of nitrogens with one attached hydrogen (secondary N) is 2. The van der Waals surface area contributed by atoms with Crippen LogP contribution in [0.1, 0.15) is 11.9 Å². The first-order chi connectivity index (χ1) is 9.04. The number of aryl methyl sites for hydroxylation is 1. The zero-order valence-corrected chi connectivity index (χ0v) is 11.3. The van der Waals surface area contributed by atoms with Crippen molar-refractivity contribution >= 4 is 28.1 Å². The molecule has 100 valence electrons. The minimum Gasteiger partial charge on any atom is -0.374 e. The number of hydrogen-bond acceptors (Lipinski definition) is 5. The Labute approximate surface area is 113 Å². The second-order valence-electron chi connectivity index (χ2n) is 3.99. The molecule has 0 saturated carbocycles. The second-order valence-corrected chi connectivity index (χ2v) is 5.17. The van der Waals surface area contributed by atoms with E-state index in [1.165, 1.54) is 23.5 Å². The van der Waals surface area contributed by atoms with Crippen LogP contribution in [0.5, 0.6) is 0 Å². The molecule has 0 radical (unpaired) electrons. The number of halogens is 1. The molecule has 0 bridgehead atoms. The molecule has 0 unspecified atom stereocenters. The van der Waals surface area contributed by atoms with Gasteiger partial charge in [-0.05, 0) is 38.1 Å². The van der Waals surface area contributed by atoms with Gasteiger partial charge in [-0.3, -0.25) is 10.1 Å². The highest BCUT2D eigenvalue weighted by Crippen LogP contribution is 2.15. The number of aromatic nitrogens is 2. The quantitative estimate of drug-likeness (QED) is 0.902. The highest BCUT2D eigenvalue weighted by molar-refractivity contribution is 7.15. The lowest BCUT2D eigenvalue weighted by molar-refractivity contribution is -0.116. The monoisotopic (exact) mass is 280 g/mol. The average Bonchev–Trinajstić information content (AvgIpc) is 2.77. The van der Waals surface area contributed by atoms with Crippen LogP contribution in [-0.2, 0) is 4.79 Å². The largest absolute Gasteiger partial charge is 0.374 e. The van der Waals surface area contributed by atoms with Crippen LogP contribution in [0.2, 0.25) is 0 Å². The predicted octanol–water partition coefficient (Wildman–Crippen LogP) is 2.42. The van der Waals surface area contributed by atoms with Gasteiger partial charge >= 0.3 is 0 Å². The van der Waals surface area contributed by atoms with Crippen molar-refractivity contribution in [3.8, 4) is 0 Å². The van der Waals surface area contributed by atoms with Crippen molar-refractivity contribution in [3.63, 3.8) is 0 Å². The fourth-order valence-electron chi connectivity index (χ4n) is 1.42. The molecule has 0 aliphatic heterocycles. The van der Waals surface area contributed by atoms with Gasteiger partial charge in [-0.25, -0.2) is 4.39 Å². The molecule has 19 heavy (non-hydrogen) atoms. The summed E-state index contributed by atoms with van der Waals surface area (Å²) in [7, 11) is 0. The SMILES string of the molecule is Cc1nnc(NC(=O)[C@@H](C)Nc2ccc(F)cc2)s1. The number of carbonyl (C=O) groups is 1. The smallest absolute Gasteiger partial charge is 0.248 e. The molecule has 0 aliphatic rings. The van der Waals surface area contributed by atoms with Gasteiger partial charge in [0.05, 0.1) is 0 Å². The maximum Gasteiger partial charge on any atom is 0.248 e. The first kappa shape index (κ1) is 13.4. The molecule has 2 rings (SSSR count). The topological polar surface area (TPSA) is 66.9 Å². The Bertz CT molecular complexity index is 569. The molecule has 5 nitrogen and oxygen atoms in total. The van der Waals surface area contributed by atoms with Crippen molar-refractivity contribution in [2.75, 3.05) is 10.6 Å². The summed E-state index contributed by atoms with van der Waals surface area (Å²) in [6, 6.07) is 5.36. The van der Waals surface area contributed by atoms with E-state index in [-0.39, 0.29) is 11.7 Å². The zero-order chi connectivity index (χ0) is 13.8. The summed E-state index contributed by atoms with van der Waals surface area (Å²) in [5.74, 6) is -0.535. The van der Waals surface area contributed by atoms with E-state index < -0.39 is 6.04 Å². The molecule has 0 saturated heterocycles. The van der Waals surface area contributed by atoms with Crippen LogP contribution < -0.4 is 10.6 Å². The summed E-state index contributed by atoms with van der Waals surface area (Å²) in [5, 5.41) is 14.5.